The van der Waals surface area contributed by atoms with E-state index in [1.54, 1.807) is 42.5 Å². The Morgan fingerprint density at radius 2 is 1.32 bits per heavy atom. The van der Waals surface area contributed by atoms with E-state index in [0.717, 1.165) is 10.8 Å². The zero-order chi connectivity index (χ0) is 19.9. The van der Waals surface area contributed by atoms with Crippen LogP contribution in [0.5, 0.6) is 5.75 Å². The van der Waals surface area contributed by atoms with Crippen molar-refractivity contribution >= 4 is 31.7 Å². The molecule has 0 unspecified atom stereocenters. The lowest BCUT2D eigenvalue weighted by atomic mass is 9.97. The van der Waals surface area contributed by atoms with E-state index in [1.807, 2.05) is 30.3 Å². The van der Waals surface area contributed by atoms with Gasteiger partial charge in [-0.25, -0.2) is 0 Å². The molecule has 0 radical (unpaired) electrons. The van der Waals surface area contributed by atoms with Crippen molar-refractivity contribution in [3.05, 3.63) is 78.9 Å². The van der Waals surface area contributed by atoms with E-state index in [0.29, 0.717) is 10.9 Å². The van der Waals surface area contributed by atoms with Gasteiger partial charge in [0.25, 0.3) is 0 Å². The first-order valence-electron chi connectivity index (χ1n) is 8.28. The van der Waals surface area contributed by atoms with Crippen LogP contribution in [0.2, 0.25) is 0 Å². The highest BCUT2D eigenvalue weighted by atomic mass is 32.2. The third kappa shape index (κ3) is 3.18. The first kappa shape index (κ1) is 18.3. The summed E-state index contributed by atoms with van der Waals surface area (Å²) in [6.07, 6.45) is 0. The van der Waals surface area contributed by atoms with Gasteiger partial charge in [0.15, 0.2) is 5.75 Å². The molecule has 0 N–H and O–H groups in total. The molecule has 0 spiro atoms. The Balaban J connectivity index is 1.97. The van der Waals surface area contributed by atoms with Gasteiger partial charge in [-0.3, -0.25) is 0 Å². The van der Waals surface area contributed by atoms with Crippen LogP contribution in [0.4, 0.5) is 13.2 Å². The standard InChI is InChI=1S/C21H13F3O3S/c22-21(23,24)28(25,26)27-20-18-8-4-3-6-15(18)11-12-19(20)17-10-9-14-5-1-2-7-16(14)13-17/h1-13H. The molecular formula is C21H13F3O3S. The molecule has 0 saturated carbocycles. The molecule has 4 rings (SSSR count). The molecule has 7 heteroatoms. The van der Waals surface area contributed by atoms with Gasteiger partial charge in [-0.2, -0.15) is 21.6 Å². The van der Waals surface area contributed by atoms with Gasteiger partial charge in [0.1, 0.15) is 0 Å². The average Bonchev–Trinajstić information content (AvgIpc) is 2.67. The lowest BCUT2D eigenvalue weighted by Gasteiger charge is -2.16. The van der Waals surface area contributed by atoms with Crippen molar-refractivity contribution in [2.75, 3.05) is 0 Å². The number of hydrogen-bond acceptors (Lipinski definition) is 3. The van der Waals surface area contributed by atoms with E-state index in [2.05, 4.69) is 4.18 Å². The van der Waals surface area contributed by atoms with E-state index in [1.165, 1.54) is 6.07 Å². The first-order valence-corrected chi connectivity index (χ1v) is 9.69. The topological polar surface area (TPSA) is 43.4 Å². The van der Waals surface area contributed by atoms with Crippen molar-refractivity contribution in [3.63, 3.8) is 0 Å². The molecule has 0 aliphatic carbocycles. The number of rotatable bonds is 3. The molecule has 0 aromatic heterocycles. The van der Waals surface area contributed by atoms with Crippen LogP contribution in [0.15, 0.2) is 78.9 Å². The summed E-state index contributed by atoms with van der Waals surface area (Å²) in [6.45, 7) is 0. The second kappa shape index (κ2) is 6.53. The quantitative estimate of drug-likeness (QED) is 0.317. The molecule has 0 fully saturated rings. The van der Waals surface area contributed by atoms with Gasteiger partial charge in [0, 0.05) is 10.9 Å². The lowest BCUT2D eigenvalue weighted by molar-refractivity contribution is -0.0499. The molecule has 0 aliphatic rings. The van der Waals surface area contributed by atoms with Gasteiger partial charge in [-0.15, -0.1) is 0 Å². The van der Waals surface area contributed by atoms with Crippen LogP contribution in [0, 0.1) is 0 Å². The van der Waals surface area contributed by atoms with E-state index in [9.17, 15) is 21.6 Å². The Labute approximate surface area is 159 Å². The maximum atomic E-state index is 12.9. The molecule has 0 atom stereocenters. The van der Waals surface area contributed by atoms with Gasteiger partial charge in [0.2, 0.25) is 0 Å². The van der Waals surface area contributed by atoms with Gasteiger partial charge in [0.05, 0.1) is 0 Å². The first-order chi connectivity index (χ1) is 13.3. The lowest BCUT2D eigenvalue weighted by Crippen LogP contribution is -2.28. The van der Waals surface area contributed by atoms with Crippen LogP contribution < -0.4 is 4.18 Å². The Morgan fingerprint density at radius 3 is 2.04 bits per heavy atom. The summed E-state index contributed by atoms with van der Waals surface area (Å²) in [6, 6.07) is 22.6. The summed E-state index contributed by atoms with van der Waals surface area (Å²) in [5.41, 5.74) is -4.71. The molecule has 0 aliphatic heterocycles. The van der Waals surface area contributed by atoms with E-state index < -0.39 is 15.6 Å². The van der Waals surface area contributed by atoms with Gasteiger partial charge in [-0.1, -0.05) is 66.7 Å². The van der Waals surface area contributed by atoms with Crippen LogP contribution in [0.3, 0.4) is 0 Å². The SMILES string of the molecule is O=S(=O)(Oc1c(-c2ccc3ccccc3c2)ccc2ccccc12)C(F)(F)F. The maximum Gasteiger partial charge on any atom is 0.534 e. The molecule has 4 aromatic rings. The molecule has 0 saturated heterocycles. The third-order valence-corrected chi connectivity index (χ3v) is 5.37. The van der Waals surface area contributed by atoms with Crippen molar-refractivity contribution in [2.45, 2.75) is 5.51 Å². The van der Waals surface area contributed by atoms with Crippen molar-refractivity contribution in [1.82, 2.24) is 0 Å². The van der Waals surface area contributed by atoms with E-state index in [-0.39, 0.29) is 16.7 Å². The summed E-state index contributed by atoms with van der Waals surface area (Å²) >= 11 is 0. The molecule has 4 aromatic carbocycles. The smallest absolute Gasteiger partial charge is 0.375 e. The summed E-state index contributed by atoms with van der Waals surface area (Å²) in [5, 5.41) is 2.68. The monoisotopic (exact) mass is 402 g/mol. The predicted octanol–water partition coefficient (Wildman–Crippen LogP) is 5.89. The average molecular weight is 402 g/mol. The van der Waals surface area contributed by atoms with Gasteiger partial charge < -0.3 is 4.18 Å². The number of benzene rings is 4. The molecular weight excluding hydrogens is 389 g/mol. The highest BCUT2D eigenvalue weighted by Gasteiger charge is 2.49. The molecule has 0 bridgehead atoms. The number of halogens is 3. The van der Waals surface area contributed by atoms with Crippen LogP contribution in [-0.4, -0.2) is 13.9 Å². The van der Waals surface area contributed by atoms with Gasteiger partial charge in [-0.05, 0) is 33.9 Å². The largest absolute Gasteiger partial charge is 0.534 e. The summed E-state index contributed by atoms with van der Waals surface area (Å²) in [5.74, 6) is -0.342. The minimum absolute atomic E-state index is 0.261. The molecule has 0 amide bonds. The predicted molar refractivity (Wildman–Crippen MR) is 102 cm³/mol. The van der Waals surface area contributed by atoms with E-state index in [4.69, 9.17) is 0 Å². The van der Waals surface area contributed by atoms with Crippen molar-refractivity contribution < 1.29 is 25.8 Å². The van der Waals surface area contributed by atoms with Crippen molar-refractivity contribution in [3.8, 4) is 16.9 Å². The fourth-order valence-electron chi connectivity index (χ4n) is 3.07. The highest BCUT2D eigenvalue weighted by Crippen LogP contribution is 2.40. The summed E-state index contributed by atoms with van der Waals surface area (Å²) in [7, 11) is -5.82. The van der Waals surface area contributed by atoms with Crippen LogP contribution >= 0.6 is 0 Å². The van der Waals surface area contributed by atoms with Crippen LogP contribution in [0.1, 0.15) is 0 Å². The summed E-state index contributed by atoms with van der Waals surface area (Å²) in [4.78, 5) is 0. The molecule has 142 valence electrons. The van der Waals surface area contributed by atoms with E-state index >= 15 is 0 Å². The van der Waals surface area contributed by atoms with Crippen molar-refractivity contribution in [2.24, 2.45) is 0 Å². The fraction of sp³-hybridized carbons (Fsp3) is 0.0476. The Kier molecular flexibility index (Phi) is 4.27. The minimum atomic E-state index is -5.82. The molecule has 3 nitrogen and oxygen atoms in total. The zero-order valence-corrected chi connectivity index (χ0v) is 15.1. The fourth-order valence-corrected chi connectivity index (χ4v) is 3.57. The third-order valence-electron chi connectivity index (χ3n) is 4.42. The Morgan fingerprint density at radius 1 is 0.714 bits per heavy atom. The van der Waals surface area contributed by atoms with Crippen LogP contribution in [-0.2, 0) is 10.1 Å². The Hall–Kier alpha value is -3.06. The molecule has 28 heavy (non-hydrogen) atoms. The van der Waals surface area contributed by atoms with Crippen molar-refractivity contribution in [1.29, 1.82) is 0 Å². The van der Waals surface area contributed by atoms with Crippen LogP contribution in [0.25, 0.3) is 32.7 Å². The Bertz CT molecular complexity index is 1300. The van der Waals surface area contributed by atoms with Gasteiger partial charge >= 0.3 is 15.6 Å². The zero-order valence-electron chi connectivity index (χ0n) is 14.3. The maximum absolute atomic E-state index is 12.9. The number of fused-ring (bicyclic) bond motifs is 2. The second-order valence-corrected chi connectivity index (χ2v) is 7.75. The normalized spacial score (nSPS) is 12.4. The summed E-state index contributed by atoms with van der Waals surface area (Å²) < 4.78 is 66.9. The number of hydrogen-bond donors (Lipinski definition) is 0. The molecule has 0 heterocycles. The second-order valence-electron chi connectivity index (χ2n) is 6.21. The highest BCUT2D eigenvalue weighted by molar-refractivity contribution is 7.88. The number of alkyl halides is 3. The minimum Gasteiger partial charge on any atom is -0.375 e.